The molecule has 128 valence electrons. The Morgan fingerprint density at radius 2 is 1.96 bits per heavy atom. The van der Waals surface area contributed by atoms with Crippen LogP contribution >= 0.6 is 0 Å². The van der Waals surface area contributed by atoms with Gasteiger partial charge in [0, 0.05) is 12.6 Å². The molecular weight excluding hydrogens is 314 g/mol. The van der Waals surface area contributed by atoms with Crippen molar-refractivity contribution in [3.63, 3.8) is 0 Å². The Kier molecular flexibility index (Phi) is 3.85. The Morgan fingerprint density at radius 1 is 1.20 bits per heavy atom. The van der Waals surface area contributed by atoms with Gasteiger partial charge in [-0.05, 0) is 44.0 Å². The van der Waals surface area contributed by atoms with Crippen LogP contribution in [0.25, 0.3) is 6.08 Å². The Balaban J connectivity index is 1.77. The van der Waals surface area contributed by atoms with Crippen LogP contribution in [0.2, 0.25) is 0 Å². The van der Waals surface area contributed by atoms with Crippen LogP contribution in [0.4, 0.5) is 0 Å². The van der Waals surface area contributed by atoms with E-state index in [4.69, 9.17) is 9.47 Å². The summed E-state index contributed by atoms with van der Waals surface area (Å²) in [6, 6.07) is 12.1. The number of fused-ring (bicyclic) bond motifs is 3. The first-order valence-corrected chi connectivity index (χ1v) is 8.57. The molecule has 0 fully saturated rings. The number of carbonyl (C=O) groups excluding carboxylic acids is 1. The number of hydrogen-bond acceptors (Lipinski definition) is 4. The van der Waals surface area contributed by atoms with Crippen molar-refractivity contribution < 1.29 is 14.3 Å². The molecule has 4 rings (SSSR count). The lowest BCUT2D eigenvalue weighted by Gasteiger charge is -2.32. The Labute approximate surface area is 147 Å². The average Bonchev–Trinajstić information content (AvgIpc) is 2.93. The molecule has 0 aliphatic carbocycles. The molecule has 2 aliphatic heterocycles. The minimum absolute atomic E-state index is 0.0548. The van der Waals surface area contributed by atoms with Crippen LogP contribution in [0.3, 0.4) is 0 Å². The molecule has 0 spiro atoms. The summed E-state index contributed by atoms with van der Waals surface area (Å²) in [5.41, 5.74) is 3.47. The second-order valence-corrected chi connectivity index (χ2v) is 6.84. The van der Waals surface area contributed by atoms with Crippen LogP contribution in [0.15, 0.2) is 42.2 Å². The molecule has 0 atom stereocenters. The summed E-state index contributed by atoms with van der Waals surface area (Å²) < 4.78 is 11.9. The molecule has 0 aromatic heterocycles. The number of carbonyl (C=O) groups is 1. The van der Waals surface area contributed by atoms with Gasteiger partial charge in [-0.3, -0.25) is 9.69 Å². The van der Waals surface area contributed by atoms with Crippen LogP contribution < -0.4 is 9.47 Å². The fraction of sp³-hybridized carbons (Fsp3) is 0.286. The monoisotopic (exact) mass is 335 g/mol. The minimum atomic E-state index is -0.0548. The van der Waals surface area contributed by atoms with E-state index in [9.17, 15) is 4.79 Å². The summed E-state index contributed by atoms with van der Waals surface area (Å²) in [5.74, 6) is 1.80. The van der Waals surface area contributed by atoms with E-state index in [1.807, 2.05) is 43.3 Å². The zero-order chi connectivity index (χ0) is 17.6. The quantitative estimate of drug-likeness (QED) is 0.772. The molecule has 0 radical (unpaired) electrons. The third kappa shape index (κ3) is 2.72. The molecule has 2 aliphatic rings. The van der Waals surface area contributed by atoms with Crippen LogP contribution in [-0.4, -0.2) is 23.5 Å². The molecule has 4 nitrogen and oxygen atoms in total. The van der Waals surface area contributed by atoms with E-state index in [2.05, 4.69) is 18.7 Å². The summed E-state index contributed by atoms with van der Waals surface area (Å²) in [4.78, 5) is 15.1. The molecule has 0 N–H and O–H groups in total. The molecule has 2 aromatic carbocycles. The number of rotatable bonds is 2. The summed E-state index contributed by atoms with van der Waals surface area (Å²) in [5, 5.41) is 0. The van der Waals surface area contributed by atoms with Crippen molar-refractivity contribution in [2.75, 3.05) is 6.73 Å². The molecule has 0 unspecified atom stereocenters. The van der Waals surface area contributed by atoms with Gasteiger partial charge in [-0.1, -0.05) is 30.3 Å². The third-order valence-electron chi connectivity index (χ3n) is 4.78. The van der Waals surface area contributed by atoms with Gasteiger partial charge in [-0.15, -0.1) is 0 Å². The highest BCUT2D eigenvalue weighted by Gasteiger charge is 2.35. The maximum Gasteiger partial charge on any atom is 0.232 e. The van der Waals surface area contributed by atoms with Crippen LogP contribution in [-0.2, 0) is 6.54 Å². The number of ketones is 1. The van der Waals surface area contributed by atoms with Crippen molar-refractivity contribution >= 4 is 11.9 Å². The molecular formula is C21H21NO3. The van der Waals surface area contributed by atoms with Gasteiger partial charge in [-0.2, -0.15) is 0 Å². The second-order valence-electron chi connectivity index (χ2n) is 6.84. The van der Waals surface area contributed by atoms with E-state index in [-0.39, 0.29) is 5.78 Å². The lowest BCUT2D eigenvalue weighted by Crippen LogP contribution is -2.37. The fourth-order valence-corrected chi connectivity index (χ4v) is 3.28. The molecule has 0 saturated heterocycles. The first kappa shape index (κ1) is 15.9. The number of benzene rings is 2. The van der Waals surface area contributed by atoms with Crippen LogP contribution in [0, 0.1) is 6.92 Å². The lowest BCUT2D eigenvalue weighted by atomic mass is 9.98. The van der Waals surface area contributed by atoms with Gasteiger partial charge in [0.1, 0.15) is 18.2 Å². The molecule has 0 amide bonds. The second kappa shape index (κ2) is 6.05. The number of Topliss-reactive ketones (excluding diaryl/α,β-unsaturated/α-hetero) is 1. The zero-order valence-corrected chi connectivity index (χ0v) is 14.7. The van der Waals surface area contributed by atoms with E-state index in [0.717, 1.165) is 29.0 Å². The van der Waals surface area contributed by atoms with E-state index in [0.29, 0.717) is 29.8 Å². The zero-order valence-electron chi connectivity index (χ0n) is 14.7. The van der Waals surface area contributed by atoms with Gasteiger partial charge in [0.05, 0.1) is 11.1 Å². The predicted octanol–water partition coefficient (Wildman–Crippen LogP) is 4.17. The summed E-state index contributed by atoms with van der Waals surface area (Å²) in [6.07, 6.45) is 1.80. The van der Waals surface area contributed by atoms with Crippen molar-refractivity contribution in [3.8, 4) is 11.5 Å². The number of hydrogen-bond donors (Lipinski definition) is 0. The first-order chi connectivity index (χ1) is 12.0. The Bertz CT molecular complexity index is 868. The summed E-state index contributed by atoms with van der Waals surface area (Å²) >= 11 is 0. The van der Waals surface area contributed by atoms with Crippen LogP contribution in [0.1, 0.15) is 40.9 Å². The standard InChI is InChI=1S/C21H21NO3/c1-13(2)22-11-16-17(24-12-22)9-14(3)19-20(23)18(25-21(16)19)10-15-7-5-4-6-8-15/h4-10,13H,11-12H2,1-3H3/b18-10-. The molecule has 25 heavy (non-hydrogen) atoms. The number of allylic oxidation sites excluding steroid dienone is 1. The predicted molar refractivity (Wildman–Crippen MR) is 96.7 cm³/mol. The molecule has 2 aromatic rings. The van der Waals surface area contributed by atoms with Crippen molar-refractivity contribution in [2.45, 2.75) is 33.4 Å². The lowest BCUT2D eigenvalue weighted by molar-refractivity contribution is 0.0673. The Morgan fingerprint density at radius 3 is 2.68 bits per heavy atom. The SMILES string of the molecule is Cc1cc2c(c3c1C(=O)/C(=C/c1ccccc1)O3)CN(C(C)C)CO2. The first-order valence-electron chi connectivity index (χ1n) is 8.57. The van der Waals surface area contributed by atoms with Crippen molar-refractivity contribution in [1.29, 1.82) is 0 Å². The van der Waals surface area contributed by atoms with E-state index < -0.39 is 0 Å². The number of aryl methyl sites for hydroxylation is 1. The average molecular weight is 335 g/mol. The van der Waals surface area contributed by atoms with Gasteiger partial charge >= 0.3 is 0 Å². The van der Waals surface area contributed by atoms with Crippen molar-refractivity contribution in [1.82, 2.24) is 4.90 Å². The molecule has 0 saturated carbocycles. The molecule has 0 bridgehead atoms. The minimum Gasteiger partial charge on any atom is -0.478 e. The van der Waals surface area contributed by atoms with Gasteiger partial charge < -0.3 is 9.47 Å². The fourth-order valence-electron chi connectivity index (χ4n) is 3.28. The van der Waals surface area contributed by atoms with Gasteiger partial charge in [0.25, 0.3) is 0 Å². The van der Waals surface area contributed by atoms with Gasteiger partial charge in [0.15, 0.2) is 5.76 Å². The topological polar surface area (TPSA) is 38.8 Å². The van der Waals surface area contributed by atoms with E-state index in [1.54, 1.807) is 6.08 Å². The van der Waals surface area contributed by atoms with Crippen molar-refractivity contribution in [3.05, 3.63) is 64.4 Å². The van der Waals surface area contributed by atoms with Crippen molar-refractivity contribution in [2.24, 2.45) is 0 Å². The Hall–Kier alpha value is -2.59. The summed E-state index contributed by atoms with van der Waals surface area (Å²) in [6.45, 7) is 7.49. The highest BCUT2D eigenvalue weighted by molar-refractivity contribution is 6.15. The maximum atomic E-state index is 12.9. The van der Waals surface area contributed by atoms with E-state index in [1.165, 1.54) is 0 Å². The largest absolute Gasteiger partial charge is 0.478 e. The highest BCUT2D eigenvalue weighted by atomic mass is 16.5. The van der Waals surface area contributed by atoms with Gasteiger partial charge in [-0.25, -0.2) is 0 Å². The maximum absolute atomic E-state index is 12.9. The number of ether oxygens (including phenoxy) is 2. The number of nitrogens with zero attached hydrogens (tertiary/aromatic N) is 1. The molecule has 2 heterocycles. The van der Waals surface area contributed by atoms with Gasteiger partial charge in [0.2, 0.25) is 5.78 Å². The smallest absolute Gasteiger partial charge is 0.232 e. The highest BCUT2D eigenvalue weighted by Crippen LogP contribution is 2.44. The third-order valence-corrected chi connectivity index (χ3v) is 4.78. The summed E-state index contributed by atoms with van der Waals surface area (Å²) in [7, 11) is 0. The van der Waals surface area contributed by atoms with Crippen LogP contribution in [0.5, 0.6) is 11.5 Å². The molecule has 4 heteroatoms. The van der Waals surface area contributed by atoms with E-state index >= 15 is 0 Å². The normalized spacial score (nSPS) is 18.1.